The fourth-order valence-electron chi connectivity index (χ4n) is 4.95. The minimum absolute atomic E-state index is 0.0699. The van der Waals surface area contributed by atoms with Gasteiger partial charge in [-0.05, 0) is 86.0 Å². The standard InChI is InChI=1S/C35H38FN3O5S/c1-4-37-35(41)33(23-27-12-7-6-8-13-27)38(24-28-14-10-9-11-26(28)3)34(40)25-39(30-17-15-29(36)16-18-30)45(42,43)32-21-19-31(20-22-32)44-5-2/h6-22,33H,4-5,23-25H2,1-3H3,(H,37,41)/t33-/m1/s1. The predicted molar refractivity (Wildman–Crippen MR) is 173 cm³/mol. The highest BCUT2D eigenvalue weighted by Gasteiger charge is 2.34. The number of aryl methyl sites for hydroxylation is 1. The van der Waals surface area contributed by atoms with E-state index in [0.717, 1.165) is 33.1 Å². The normalized spacial score (nSPS) is 11.8. The molecule has 4 aromatic rings. The molecule has 0 fully saturated rings. The number of hydrogen-bond donors (Lipinski definition) is 1. The molecule has 0 saturated carbocycles. The molecular formula is C35H38FN3O5S. The lowest BCUT2D eigenvalue weighted by Crippen LogP contribution is -2.53. The van der Waals surface area contributed by atoms with Gasteiger partial charge in [-0.1, -0.05) is 54.6 Å². The van der Waals surface area contributed by atoms with E-state index in [9.17, 15) is 22.4 Å². The van der Waals surface area contributed by atoms with E-state index in [1.807, 2.05) is 68.4 Å². The van der Waals surface area contributed by atoms with Crippen LogP contribution in [0.1, 0.15) is 30.5 Å². The Balaban J connectivity index is 1.79. The van der Waals surface area contributed by atoms with Crippen LogP contribution in [0.15, 0.2) is 108 Å². The Morgan fingerprint density at radius 3 is 2.13 bits per heavy atom. The highest BCUT2D eigenvalue weighted by Crippen LogP contribution is 2.27. The number of rotatable bonds is 14. The molecule has 1 N–H and O–H groups in total. The number of halogens is 1. The lowest BCUT2D eigenvalue weighted by atomic mass is 10.0. The third-order valence-electron chi connectivity index (χ3n) is 7.34. The second-order valence-electron chi connectivity index (χ2n) is 10.4. The summed E-state index contributed by atoms with van der Waals surface area (Å²) in [5, 5.41) is 2.85. The molecule has 4 aromatic carbocycles. The number of nitrogens with zero attached hydrogens (tertiary/aromatic N) is 2. The summed E-state index contributed by atoms with van der Waals surface area (Å²) >= 11 is 0. The monoisotopic (exact) mass is 631 g/mol. The van der Waals surface area contributed by atoms with Crippen molar-refractivity contribution in [1.82, 2.24) is 10.2 Å². The highest BCUT2D eigenvalue weighted by atomic mass is 32.2. The molecule has 0 bridgehead atoms. The molecule has 0 aliphatic heterocycles. The van der Waals surface area contributed by atoms with Gasteiger partial charge < -0.3 is 15.0 Å². The molecule has 0 radical (unpaired) electrons. The largest absolute Gasteiger partial charge is 0.494 e. The predicted octanol–water partition coefficient (Wildman–Crippen LogP) is 5.50. The number of carbonyl (C=O) groups is 2. The van der Waals surface area contributed by atoms with E-state index in [2.05, 4.69) is 5.32 Å². The number of benzene rings is 4. The zero-order valence-electron chi connectivity index (χ0n) is 25.6. The first-order chi connectivity index (χ1) is 21.6. The summed E-state index contributed by atoms with van der Waals surface area (Å²) < 4.78 is 48.5. The molecule has 4 rings (SSSR count). The fraction of sp³-hybridized carbons (Fsp3) is 0.257. The number of anilines is 1. The van der Waals surface area contributed by atoms with Crippen LogP contribution >= 0.6 is 0 Å². The fourth-order valence-corrected chi connectivity index (χ4v) is 6.37. The SMILES string of the molecule is CCNC(=O)[C@@H](Cc1ccccc1)N(Cc1ccccc1C)C(=O)CN(c1ccc(F)cc1)S(=O)(=O)c1ccc(OCC)cc1. The molecule has 236 valence electrons. The van der Waals surface area contributed by atoms with Crippen molar-refractivity contribution in [3.8, 4) is 5.75 Å². The first kappa shape index (κ1) is 33.2. The number of carbonyl (C=O) groups excluding carboxylic acids is 2. The van der Waals surface area contributed by atoms with Crippen molar-refractivity contribution in [3.63, 3.8) is 0 Å². The van der Waals surface area contributed by atoms with E-state index in [-0.39, 0.29) is 29.5 Å². The Morgan fingerprint density at radius 2 is 1.51 bits per heavy atom. The van der Waals surface area contributed by atoms with Crippen molar-refractivity contribution < 1.29 is 27.1 Å². The van der Waals surface area contributed by atoms with E-state index in [4.69, 9.17) is 4.74 Å². The molecule has 8 nitrogen and oxygen atoms in total. The summed E-state index contributed by atoms with van der Waals surface area (Å²) in [6.45, 7) is 5.74. The Labute approximate surface area is 264 Å². The average Bonchev–Trinajstić information content (AvgIpc) is 3.04. The van der Waals surface area contributed by atoms with Crippen molar-refractivity contribution in [2.24, 2.45) is 0 Å². The summed E-state index contributed by atoms with van der Waals surface area (Å²) in [5.41, 5.74) is 2.68. The summed E-state index contributed by atoms with van der Waals surface area (Å²) in [7, 11) is -4.32. The van der Waals surface area contributed by atoms with Crippen LogP contribution in [0.5, 0.6) is 5.75 Å². The van der Waals surface area contributed by atoms with Crippen LogP contribution in [-0.4, -0.2) is 50.9 Å². The van der Waals surface area contributed by atoms with Crippen LogP contribution in [-0.2, 0) is 32.6 Å². The number of amides is 2. The Morgan fingerprint density at radius 1 is 0.867 bits per heavy atom. The minimum atomic E-state index is -4.32. The van der Waals surface area contributed by atoms with E-state index < -0.39 is 34.3 Å². The molecule has 2 amide bonds. The zero-order chi connectivity index (χ0) is 32.4. The zero-order valence-corrected chi connectivity index (χ0v) is 26.5. The van der Waals surface area contributed by atoms with Crippen molar-refractivity contribution in [3.05, 3.63) is 126 Å². The number of likely N-dealkylation sites (N-methyl/N-ethyl adjacent to an activating group) is 1. The second-order valence-corrected chi connectivity index (χ2v) is 12.3. The number of nitrogens with one attached hydrogen (secondary N) is 1. The van der Waals surface area contributed by atoms with Gasteiger partial charge in [0.2, 0.25) is 11.8 Å². The lowest BCUT2D eigenvalue weighted by molar-refractivity contribution is -0.140. The molecule has 0 aromatic heterocycles. The van der Waals surface area contributed by atoms with Gasteiger partial charge in [0, 0.05) is 19.5 Å². The Kier molecular flexibility index (Phi) is 11.3. The van der Waals surface area contributed by atoms with Crippen LogP contribution in [0.2, 0.25) is 0 Å². The molecular weight excluding hydrogens is 593 g/mol. The molecule has 45 heavy (non-hydrogen) atoms. The van der Waals surface area contributed by atoms with Crippen LogP contribution in [0, 0.1) is 12.7 Å². The van der Waals surface area contributed by atoms with Gasteiger partial charge in [0.1, 0.15) is 24.2 Å². The first-order valence-corrected chi connectivity index (χ1v) is 16.2. The molecule has 0 spiro atoms. The van der Waals surface area contributed by atoms with E-state index in [1.54, 1.807) is 6.92 Å². The Bertz CT molecular complexity index is 1680. The lowest BCUT2D eigenvalue weighted by Gasteiger charge is -2.34. The van der Waals surface area contributed by atoms with E-state index >= 15 is 0 Å². The van der Waals surface area contributed by atoms with Crippen molar-refractivity contribution in [1.29, 1.82) is 0 Å². The maximum absolute atomic E-state index is 14.4. The highest BCUT2D eigenvalue weighted by molar-refractivity contribution is 7.92. The van der Waals surface area contributed by atoms with E-state index in [0.29, 0.717) is 18.9 Å². The van der Waals surface area contributed by atoms with Crippen molar-refractivity contribution in [2.45, 2.75) is 44.7 Å². The van der Waals surface area contributed by atoms with Crippen LogP contribution in [0.4, 0.5) is 10.1 Å². The van der Waals surface area contributed by atoms with Gasteiger partial charge in [0.15, 0.2) is 0 Å². The first-order valence-electron chi connectivity index (χ1n) is 14.8. The van der Waals surface area contributed by atoms with Gasteiger partial charge >= 0.3 is 0 Å². The van der Waals surface area contributed by atoms with Crippen molar-refractivity contribution >= 4 is 27.5 Å². The third kappa shape index (κ3) is 8.48. The average molecular weight is 632 g/mol. The summed E-state index contributed by atoms with van der Waals surface area (Å²) in [6, 6.07) is 26.7. The van der Waals surface area contributed by atoms with Gasteiger partial charge in [0.05, 0.1) is 17.2 Å². The van der Waals surface area contributed by atoms with Gasteiger partial charge in [-0.15, -0.1) is 0 Å². The molecule has 0 unspecified atom stereocenters. The van der Waals surface area contributed by atoms with Crippen molar-refractivity contribution in [2.75, 3.05) is 24.0 Å². The molecule has 0 aliphatic rings. The minimum Gasteiger partial charge on any atom is -0.494 e. The number of ether oxygens (including phenoxy) is 1. The van der Waals surface area contributed by atoms with Gasteiger partial charge in [-0.25, -0.2) is 12.8 Å². The maximum atomic E-state index is 14.4. The van der Waals surface area contributed by atoms with Gasteiger partial charge in [-0.3, -0.25) is 13.9 Å². The molecule has 1 atom stereocenters. The molecule has 0 heterocycles. The second kappa shape index (κ2) is 15.3. The summed E-state index contributed by atoms with van der Waals surface area (Å²) in [5.74, 6) is -1.00. The molecule has 0 aliphatic carbocycles. The van der Waals surface area contributed by atoms with Crippen LogP contribution < -0.4 is 14.4 Å². The van der Waals surface area contributed by atoms with E-state index in [1.165, 1.54) is 41.3 Å². The van der Waals surface area contributed by atoms with Gasteiger partial charge in [0.25, 0.3) is 10.0 Å². The third-order valence-corrected chi connectivity index (χ3v) is 9.13. The maximum Gasteiger partial charge on any atom is 0.264 e. The van der Waals surface area contributed by atoms with Gasteiger partial charge in [-0.2, -0.15) is 0 Å². The smallest absolute Gasteiger partial charge is 0.264 e. The Hall–Kier alpha value is -4.70. The molecule has 0 saturated heterocycles. The summed E-state index contributed by atoms with van der Waals surface area (Å²) in [4.78, 5) is 29.4. The van der Waals surface area contributed by atoms with Crippen LogP contribution in [0.25, 0.3) is 0 Å². The topological polar surface area (TPSA) is 96.0 Å². The number of sulfonamides is 1. The quantitative estimate of drug-likeness (QED) is 0.198. The summed E-state index contributed by atoms with van der Waals surface area (Å²) in [6.07, 6.45) is 0.215. The number of hydrogen-bond acceptors (Lipinski definition) is 5. The molecule has 10 heteroatoms. The van der Waals surface area contributed by atoms with Crippen LogP contribution in [0.3, 0.4) is 0 Å².